The summed E-state index contributed by atoms with van der Waals surface area (Å²) in [4.78, 5) is 2.26. The fourth-order valence-corrected chi connectivity index (χ4v) is 3.41. The first-order valence-corrected chi connectivity index (χ1v) is 8.22. The summed E-state index contributed by atoms with van der Waals surface area (Å²) >= 11 is 6.83. The lowest BCUT2D eigenvalue weighted by molar-refractivity contribution is -0.00000282. The first-order valence-electron chi connectivity index (χ1n) is 4.58. The Morgan fingerprint density at radius 2 is 1.00 bits per heavy atom. The molecule has 0 radical (unpaired) electrons. The third-order valence-electron chi connectivity index (χ3n) is 2.04. The summed E-state index contributed by atoms with van der Waals surface area (Å²) in [7, 11) is 6.05. The zero-order chi connectivity index (χ0) is 11.5. The van der Waals surface area contributed by atoms with Crippen molar-refractivity contribution in [2.75, 3.05) is 0 Å². The van der Waals surface area contributed by atoms with E-state index in [1.807, 2.05) is 48.5 Å². The van der Waals surface area contributed by atoms with Crippen LogP contribution in [0.25, 0.3) is 0 Å². The fourth-order valence-electron chi connectivity index (χ4n) is 1.24. The van der Waals surface area contributed by atoms with Gasteiger partial charge in [-0.2, -0.15) is 0 Å². The summed E-state index contributed by atoms with van der Waals surface area (Å²) in [6, 6.07) is 16.2. The molecule has 2 aromatic rings. The van der Waals surface area contributed by atoms with E-state index < -0.39 is 0 Å². The number of hydrogen-bond acceptors (Lipinski definition) is 0. The molecule has 17 heavy (non-hydrogen) atoms. The Balaban J connectivity index is 0.00000144. The topological polar surface area (TPSA) is 0 Å². The summed E-state index contributed by atoms with van der Waals surface area (Å²) in [5.41, 5.74) is 0. The standard InChI is InChI=1S/C12H8Br2ClS.ClH/c13-9-1-5-11(6-2-9)16(15)12-7-3-10(14)4-8-12;/h1-8H;1H/q+1;/p-1. The van der Waals surface area contributed by atoms with Gasteiger partial charge in [-0.15, -0.1) is 0 Å². The first kappa shape index (κ1) is 15.4. The molecule has 0 saturated heterocycles. The van der Waals surface area contributed by atoms with E-state index in [9.17, 15) is 0 Å². The Bertz CT molecular complexity index is 425. The maximum atomic E-state index is 6.43. The van der Waals surface area contributed by atoms with Crippen LogP contribution in [0.1, 0.15) is 0 Å². The molecule has 0 unspecified atom stereocenters. The zero-order valence-electron chi connectivity index (χ0n) is 8.54. The van der Waals surface area contributed by atoms with Crippen molar-refractivity contribution in [2.45, 2.75) is 9.79 Å². The molecule has 0 fully saturated rings. The van der Waals surface area contributed by atoms with Gasteiger partial charge in [-0.25, -0.2) is 0 Å². The maximum absolute atomic E-state index is 6.43. The van der Waals surface area contributed by atoms with Crippen LogP contribution < -0.4 is 12.4 Å². The third-order valence-corrected chi connectivity index (χ3v) is 5.54. The van der Waals surface area contributed by atoms with Crippen LogP contribution in [0.2, 0.25) is 0 Å². The van der Waals surface area contributed by atoms with Crippen LogP contribution in [0.3, 0.4) is 0 Å². The Morgan fingerprint density at radius 1 is 0.706 bits per heavy atom. The molecule has 90 valence electrons. The molecule has 0 aromatic heterocycles. The molecule has 0 spiro atoms. The number of hydrogen-bond donors (Lipinski definition) is 0. The lowest BCUT2D eigenvalue weighted by Crippen LogP contribution is -3.00. The highest BCUT2D eigenvalue weighted by Gasteiger charge is 2.23. The second kappa shape index (κ2) is 7.05. The fraction of sp³-hybridized carbons (Fsp3) is 0. The average molecular weight is 415 g/mol. The third kappa shape index (κ3) is 4.18. The Hall–Kier alpha value is 0.330. The summed E-state index contributed by atoms with van der Waals surface area (Å²) in [6.45, 7) is 0. The summed E-state index contributed by atoms with van der Waals surface area (Å²) in [5.74, 6) is 0. The van der Waals surface area contributed by atoms with Gasteiger partial charge in [0.05, 0.1) is 0 Å². The highest BCUT2D eigenvalue weighted by molar-refractivity contribution is 9.10. The van der Waals surface area contributed by atoms with E-state index in [0.717, 1.165) is 18.7 Å². The molecule has 0 heterocycles. The number of rotatable bonds is 2. The maximum Gasteiger partial charge on any atom is 0.189 e. The Labute approximate surface area is 131 Å². The van der Waals surface area contributed by atoms with Gasteiger partial charge in [0.2, 0.25) is 0 Å². The molecule has 0 N–H and O–H groups in total. The first-order chi connectivity index (χ1) is 7.66. The predicted octanol–water partition coefficient (Wildman–Crippen LogP) is 2.41. The quantitative estimate of drug-likeness (QED) is 0.662. The molecule has 5 heteroatoms. The molecule has 2 rings (SSSR count). The highest BCUT2D eigenvalue weighted by Crippen LogP contribution is 2.28. The van der Waals surface area contributed by atoms with Crippen LogP contribution in [-0.4, -0.2) is 0 Å². The van der Waals surface area contributed by atoms with Crippen molar-refractivity contribution in [3.8, 4) is 0 Å². The number of benzene rings is 2. The molecule has 0 saturated carbocycles. The molecule has 0 amide bonds. The highest BCUT2D eigenvalue weighted by atomic mass is 79.9. The van der Waals surface area contributed by atoms with Crippen molar-refractivity contribution in [2.24, 2.45) is 0 Å². The van der Waals surface area contributed by atoms with Crippen LogP contribution in [0.5, 0.6) is 0 Å². The predicted molar refractivity (Wildman–Crippen MR) is 78.0 cm³/mol. The van der Waals surface area contributed by atoms with E-state index in [2.05, 4.69) is 31.9 Å². The van der Waals surface area contributed by atoms with Crippen LogP contribution in [0.15, 0.2) is 67.3 Å². The van der Waals surface area contributed by atoms with Crippen LogP contribution >= 0.6 is 42.5 Å². The zero-order valence-corrected chi connectivity index (χ0v) is 14.0. The van der Waals surface area contributed by atoms with Crippen molar-refractivity contribution < 1.29 is 12.4 Å². The summed E-state index contributed by atoms with van der Waals surface area (Å²) < 4.78 is 2.14. The molecule has 2 aromatic carbocycles. The Kier molecular flexibility index (Phi) is 6.38. The lowest BCUT2D eigenvalue weighted by Gasteiger charge is -1.98. The van der Waals surface area contributed by atoms with Gasteiger partial charge in [-0.05, 0) is 48.5 Å². The average Bonchev–Trinajstić information content (AvgIpc) is 2.30. The van der Waals surface area contributed by atoms with Crippen LogP contribution in [0.4, 0.5) is 0 Å². The van der Waals surface area contributed by atoms with Gasteiger partial charge in [0, 0.05) is 8.95 Å². The van der Waals surface area contributed by atoms with E-state index in [4.69, 9.17) is 10.7 Å². The van der Waals surface area contributed by atoms with Crippen molar-refractivity contribution in [3.05, 3.63) is 57.5 Å². The molecule has 0 aliphatic rings. The summed E-state index contributed by atoms with van der Waals surface area (Å²) in [6.07, 6.45) is 0. The largest absolute Gasteiger partial charge is 1.00 e. The van der Waals surface area contributed by atoms with E-state index in [-0.39, 0.29) is 22.5 Å². The van der Waals surface area contributed by atoms with E-state index in [0.29, 0.717) is 0 Å². The second-order valence-electron chi connectivity index (χ2n) is 3.16. The van der Waals surface area contributed by atoms with Crippen molar-refractivity contribution in [1.82, 2.24) is 0 Å². The van der Waals surface area contributed by atoms with Crippen LogP contribution in [-0.2, 0) is 10.1 Å². The minimum Gasteiger partial charge on any atom is -1.00 e. The molecular weight excluding hydrogens is 407 g/mol. The molecular formula is C12H8Br2Cl2S. The molecule has 0 atom stereocenters. The SMILES string of the molecule is Cl[S+](c1ccc(Br)cc1)c1ccc(Br)cc1.[Cl-]. The molecule has 0 aliphatic heterocycles. The Morgan fingerprint density at radius 3 is 1.29 bits per heavy atom. The van der Waals surface area contributed by atoms with Crippen LogP contribution in [0, 0.1) is 0 Å². The van der Waals surface area contributed by atoms with Gasteiger partial charge >= 0.3 is 0 Å². The smallest absolute Gasteiger partial charge is 0.189 e. The van der Waals surface area contributed by atoms with Gasteiger partial charge in [0.1, 0.15) is 0 Å². The van der Waals surface area contributed by atoms with Gasteiger partial charge in [0.25, 0.3) is 0 Å². The molecule has 0 nitrogen and oxygen atoms in total. The molecule has 0 bridgehead atoms. The van der Waals surface area contributed by atoms with E-state index in [1.165, 1.54) is 0 Å². The summed E-state index contributed by atoms with van der Waals surface area (Å²) in [5, 5.41) is 0. The van der Waals surface area contributed by atoms with Gasteiger partial charge in [0.15, 0.2) is 30.6 Å². The van der Waals surface area contributed by atoms with Gasteiger partial charge in [-0.3, -0.25) is 0 Å². The minimum absolute atomic E-state index is 0. The monoisotopic (exact) mass is 412 g/mol. The van der Waals surface area contributed by atoms with E-state index in [1.54, 1.807) is 0 Å². The lowest BCUT2D eigenvalue weighted by atomic mass is 10.4. The normalized spacial score (nSPS) is 10.1. The van der Waals surface area contributed by atoms with E-state index >= 15 is 0 Å². The van der Waals surface area contributed by atoms with Crippen molar-refractivity contribution in [1.29, 1.82) is 0 Å². The van der Waals surface area contributed by atoms with Crippen molar-refractivity contribution in [3.63, 3.8) is 0 Å². The minimum atomic E-state index is -0.383. The van der Waals surface area contributed by atoms with Crippen molar-refractivity contribution >= 4 is 52.7 Å². The van der Waals surface area contributed by atoms with Gasteiger partial charge < -0.3 is 12.4 Å². The molecule has 0 aliphatic carbocycles. The number of halogens is 4. The second-order valence-corrected chi connectivity index (χ2v) is 7.38. The van der Waals surface area contributed by atoms with Gasteiger partial charge in [-0.1, -0.05) is 31.9 Å².